The Labute approximate surface area is 99.7 Å². The number of carbonyl (C=O) groups is 1. The highest BCUT2D eigenvalue weighted by atomic mass is 32.1. The lowest BCUT2D eigenvalue weighted by Gasteiger charge is -2.23. The number of hydrogen-bond acceptors (Lipinski definition) is 2. The summed E-state index contributed by atoms with van der Waals surface area (Å²) in [6.45, 7) is 0.594. The highest BCUT2D eigenvalue weighted by Gasteiger charge is 2.33. The van der Waals surface area contributed by atoms with Crippen molar-refractivity contribution in [1.29, 1.82) is 0 Å². The molecule has 1 aromatic rings. The predicted molar refractivity (Wildman–Crippen MR) is 65.2 cm³/mol. The molecule has 4 heteroatoms. The van der Waals surface area contributed by atoms with Gasteiger partial charge >= 0.3 is 5.97 Å². The van der Waals surface area contributed by atoms with E-state index in [9.17, 15) is 4.79 Å². The van der Waals surface area contributed by atoms with Crippen molar-refractivity contribution in [2.75, 3.05) is 0 Å². The summed E-state index contributed by atoms with van der Waals surface area (Å²) in [5.41, 5.74) is 1.10. The van der Waals surface area contributed by atoms with Gasteiger partial charge in [-0.15, -0.1) is 0 Å². The van der Waals surface area contributed by atoms with Crippen LogP contribution in [0.5, 0.6) is 0 Å². The molecule has 1 N–H and O–H groups in total. The second-order valence-electron chi connectivity index (χ2n) is 3.90. The lowest BCUT2D eigenvalue weighted by Crippen LogP contribution is -2.37. The monoisotopic (exact) mass is 235 g/mol. The van der Waals surface area contributed by atoms with E-state index in [1.54, 1.807) is 0 Å². The van der Waals surface area contributed by atoms with Crippen molar-refractivity contribution < 1.29 is 9.90 Å². The molecule has 0 radical (unpaired) electrons. The van der Waals surface area contributed by atoms with Crippen LogP contribution < -0.4 is 0 Å². The molecule has 2 rings (SSSR count). The van der Waals surface area contributed by atoms with Crippen LogP contribution in [0.2, 0.25) is 0 Å². The Kier molecular flexibility index (Phi) is 3.19. The molecule has 1 aliphatic heterocycles. The molecule has 0 spiro atoms. The number of benzene rings is 1. The fourth-order valence-electron chi connectivity index (χ4n) is 1.97. The molecule has 0 saturated carbocycles. The number of thiocarbonyl (C=S) groups is 1. The maximum atomic E-state index is 11.0. The second-order valence-corrected chi connectivity index (χ2v) is 4.37. The number of nitrogens with zero attached hydrogens (tertiary/aromatic N) is 1. The Morgan fingerprint density at radius 3 is 2.75 bits per heavy atom. The Hall–Kier alpha value is -1.42. The molecule has 1 heterocycles. The molecule has 1 aliphatic rings. The molecule has 1 atom stereocenters. The van der Waals surface area contributed by atoms with Crippen LogP contribution in [0.25, 0.3) is 0 Å². The van der Waals surface area contributed by atoms with Gasteiger partial charge in [-0.1, -0.05) is 42.5 Å². The highest BCUT2D eigenvalue weighted by molar-refractivity contribution is 7.80. The summed E-state index contributed by atoms with van der Waals surface area (Å²) in [6.07, 6.45) is 1.33. The summed E-state index contributed by atoms with van der Waals surface area (Å²) in [4.78, 5) is 13.6. The number of hydrogen-bond donors (Lipinski definition) is 1. The molecule has 0 aromatic heterocycles. The quantitative estimate of drug-likeness (QED) is 0.814. The molecular weight excluding hydrogens is 222 g/mol. The van der Waals surface area contributed by atoms with Gasteiger partial charge in [0.1, 0.15) is 6.04 Å². The predicted octanol–water partition coefficient (Wildman–Crippen LogP) is 2.06. The number of likely N-dealkylation sites (tertiary alicyclic amines) is 1. The molecule has 0 amide bonds. The van der Waals surface area contributed by atoms with E-state index in [4.69, 9.17) is 17.3 Å². The molecule has 0 bridgehead atoms. The van der Waals surface area contributed by atoms with E-state index in [0.717, 1.165) is 10.6 Å². The first-order valence-corrected chi connectivity index (χ1v) is 5.65. The van der Waals surface area contributed by atoms with Crippen LogP contribution in [0.3, 0.4) is 0 Å². The molecule has 1 aromatic carbocycles. The summed E-state index contributed by atoms with van der Waals surface area (Å²) in [5, 5.41) is 9.08. The van der Waals surface area contributed by atoms with Gasteiger partial charge in [0.2, 0.25) is 0 Å². The van der Waals surface area contributed by atoms with Gasteiger partial charge in [0.25, 0.3) is 0 Å². The van der Waals surface area contributed by atoms with Crippen molar-refractivity contribution >= 4 is 23.2 Å². The van der Waals surface area contributed by atoms with E-state index in [2.05, 4.69) is 0 Å². The minimum atomic E-state index is -0.782. The van der Waals surface area contributed by atoms with E-state index < -0.39 is 12.0 Å². The lowest BCUT2D eigenvalue weighted by atomic mass is 10.2. The van der Waals surface area contributed by atoms with E-state index >= 15 is 0 Å². The van der Waals surface area contributed by atoms with Crippen LogP contribution in [0.4, 0.5) is 0 Å². The molecule has 16 heavy (non-hydrogen) atoms. The first kappa shape index (κ1) is 11.1. The van der Waals surface area contributed by atoms with Gasteiger partial charge in [-0.2, -0.15) is 0 Å². The van der Waals surface area contributed by atoms with Gasteiger partial charge in [0, 0.05) is 13.0 Å². The first-order chi connectivity index (χ1) is 7.68. The largest absolute Gasteiger partial charge is 0.480 e. The van der Waals surface area contributed by atoms with Gasteiger partial charge in [0.15, 0.2) is 0 Å². The zero-order valence-corrected chi connectivity index (χ0v) is 9.61. The van der Waals surface area contributed by atoms with Crippen LogP contribution in [-0.2, 0) is 11.3 Å². The first-order valence-electron chi connectivity index (χ1n) is 5.24. The summed E-state index contributed by atoms with van der Waals surface area (Å²) >= 11 is 5.20. The third-order valence-electron chi connectivity index (χ3n) is 2.81. The maximum absolute atomic E-state index is 11.0. The van der Waals surface area contributed by atoms with Crippen LogP contribution in [0.1, 0.15) is 18.4 Å². The summed E-state index contributed by atoms with van der Waals surface area (Å²) in [5.74, 6) is -0.782. The number of rotatable bonds is 3. The van der Waals surface area contributed by atoms with Gasteiger partial charge in [-0.05, 0) is 12.0 Å². The average molecular weight is 235 g/mol. The SMILES string of the molecule is O=C(O)C1CCC(=S)N1Cc1ccccc1. The Morgan fingerprint density at radius 2 is 2.12 bits per heavy atom. The summed E-state index contributed by atoms with van der Waals surface area (Å²) in [6, 6.07) is 9.36. The molecule has 1 unspecified atom stereocenters. The van der Waals surface area contributed by atoms with Crippen molar-refractivity contribution in [2.45, 2.75) is 25.4 Å². The fraction of sp³-hybridized carbons (Fsp3) is 0.333. The Balaban J connectivity index is 2.13. The maximum Gasteiger partial charge on any atom is 0.326 e. The van der Waals surface area contributed by atoms with Crippen molar-refractivity contribution in [2.24, 2.45) is 0 Å². The number of carboxylic acids is 1. The topological polar surface area (TPSA) is 40.5 Å². The summed E-state index contributed by atoms with van der Waals surface area (Å²) < 4.78 is 0. The second kappa shape index (κ2) is 4.61. The van der Waals surface area contributed by atoms with Gasteiger partial charge in [-0.3, -0.25) is 0 Å². The van der Waals surface area contributed by atoms with Gasteiger partial charge < -0.3 is 10.0 Å². The Morgan fingerprint density at radius 1 is 1.44 bits per heavy atom. The van der Waals surface area contributed by atoms with Crippen LogP contribution in [-0.4, -0.2) is 27.0 Å². The average Bonchev–Trinajstić information content (AvgIpc) is 2.62. The molecule has 3 nitrogen and oxygen atoms in total. The third-order valence-corrected chi connectivity index (χ3v) is 3.25. The zero-order valence-electron chi connectivity index (χ0n) is 8.80. The minimum absolute atomic E-state index is 0.451. The standard InChI is InChI=1S/C12H13NO2S/c14-12(15)10-6-7-11(16)13(10)8-9-4-2-1-3-5-9/h1-5,10H,6-8H2,(H,14,15). The molecule has 0 aliphatic carbocycles. The van der Waals surface area contributed by atoms with E-state index in [0.29, 0.717) is 19.4 Å². The smallest absolute Gasteiger partial charge is 0.326 e. The number of aliphatic carboxylic acids is 1. The fourth-order valence-corrected chi connectivity index (χ4v) is 2.28. The van der Waals surface area contributed by atoms with Gasteiger partial charge in [0.05, 0.1) is 4.99 Å². The van der Waals surface area contributed by atoms with Gasteiger partial charge in [-0.25, -0.2) is 4.79 Å². The Bertz CT molecular complexity index is 405. The van der Waals surface area contributed by atoms with Crippen LogP contribution >= 0.6 is 12.2 Å². The highest BCUT2D eigenvalue weighted by Crippen LogP contribution is 2.22. The normalized spacial score (nSPS) is 20.1. The minimum Gasteiger partial charge on any atom is -0.480 e. The van der Waals surface area contributed by atoms with Crippen molar-refractivity contribution in [1.82, 2.24) is 4.90 Å². The lowest BCUT2D eigenvalue weighted by molar-refractivity contribution is -0.141. The third kappa shape index (κ3) is 2.22. The van der Waals surface area contributed by atoms with E-state index in [1.165, 1.54) is 0 Å². The molecule has 1 saturated heterocycles. The molecule has 84 valence electrons. The van der Waals surface area contributed by atoms with E-state index in [-0.39, 0.29) is 0 Å². The van der Waals surface area contributed by atoms with Crippen LogP contribution in [0.15, 0.2) is 30.3 Å². The van der Waals surface area contributed by atoms with Crippen molar-refractivity contribution in [3.05, 3.63) is 35.9 Å². The van der Waals surface area contributed by atoms with E-state index in [1.807, 2.05) is 35.2 Å². The molecule has 1 fully saturated rings. The van der Waals surface area contributed by atoms with Crippen molar-refractivity contribution in [3.8, 4) is 0 Å². The van der Waals surface area contributed by atoms with Crippen LogP contribution in [0, 0.1) is 0 Å². The zero-order chi connectivity index (χ0) is 11.5. The summed E-state index contributed by atoms with van der Waals surface area (Å²) in [7, 11) is 0. The van der Waals surface area contributed by atoms with Crippen molar-refractivity contribution in [3.63, 3.8) is 0 Å². The molecular formula is C12H13NO2S. The number of carboxylic acid groups (broad SMARTS) is 1.